The van der Waals surface area contributed by atoms with Gasteiger partial charge in [0.25, 0.3) is 0 Å². The molecule has 4 nitrogen and oxygen atoms in total. The zero-order chi connectivity index (χ0) is 20.4. The minimum absolute atomic E-state index is 0.193. The maximum atomic E-state index is 12.0. The van der Waals surface area contributed by atoms with Crippen LogP contribution >= 0.6 is 0 Å². The molecule has 2 aromatic carbocycles. The first kappa shape index (κ1) is 21.7. The normalized spacial score (nSPS) is 10.7. The number of carbonyl (C=O) groups excluding carboxylic acids is 2. The fraction of sp³-hybridized carbons (Fsp3) is 0.417. The quantitative estimate of drug-likeness (QED) is 0.285. The smallest absolute Gasteiger partial charge is 0.338 e. The zero-order valence-electron chi connectivity index (χ0n) is 17.1. The first-order valence-corrected chi connectivity index (χ1v) is 10.1. The largest absolute Gasteiger partial charge is 0.462 e. The van der Waals surface area contributed by atoms with Crippen LogP contribution < -0.4 is 4.74 Å². The van der Waals surface area contributed by atoms with Crippen LogP contribution in [0.15, 0.2) is 48.5 Å². The minimum Gasteiger partial charge on any atom is -0.462 e. The predicted octanol–water partition coefficient (Wildman–Crippen LogP) is 6.04. The van der Waals surface area contributed by atoms with Gasteiger partial charge in [-0.3, -0.25) is 4.79 Å². The van der Waals surface area contributed by atoms with Crippen molar-refractivity contribution in [1.29, 1.82) is 0 Å². The first-order chi connectivity index (χ1) is 13.5. The molecule has 0 amide bonds. The van der Waals surface area contributed by atoms with Crippen LogP contribution in [0, 0.1) is 5.92 Å². The number of ether oxygens (including phenoxy) is 2. The molecule has 0 saturated carbocycles. The molecule has 0 unspecified atom stereocenters. The molecule has 0 aromatic heterocycles. The van der Waals surface area contributed by atoms with Crippen molar-refractivity contribution >= 4 is 11.9 Å². The number of rotatable bonds is 10. The first-order valence-electron chi connectivity index (χ1n) is 10.1. The van der Waals surface area contributed by atoms with Crippen molar-refractivity contribution in [3.63, 3.8) is 0 Å². The summed E-state index contributed by atoms with van der Waals surface area (Å²) in [7, 11) is 0. The lowest BCUT2D eigenvalue weighted by molar-refractivity contribution is -0.134. The lowest BCUT2D eigenvalue weighted by Crippen LogP contribution is -2.08. The molecular formula is C24H30O4. The molecular weight excluding hydrogens is 352 g/mol. The molecule has 0 aliphatic carbocycles. The fourth-order valence-electron chi connectivity index (χ4n) is 2.69. The highest BCUT2D eigenvalue weighted by atomic mass is 16.5. The summed E-state index contributed by atoms with van der Waals surface area (Å²) in [6.45, 7) is 6.74. The lowest BCUT2D eigenvalue weighted by atomic mass is 10.0. The van der Waals surface area contributed by atoms with Gasteiger partial charge in [0.2, 0.25) is 0 Å². The van der Waals surface area contributed by atoms with Crippen molar-refractivity contribution < 1.29 is 19.1 Å². The minimum atomic E-state index is -0.294. The van der Waals surface area contributed by atoms with E-state index in [1.54, 1.807) is 24.3 Å². The number of benzene rings is 2. The Bertz CT molecular complexity index is 745. The second-order valence-electron chi connectivity index (χ2n) is 7.35. The zero-order valence-corrected chi connectivity index (χ0v) is 17.1. The van der Waals surface area contributed by atoms with Crippen molar-refractivity contribution in [2.45, 2.75) is 52.9 Å². The van der Waals surface area contributed by atoms with E-state index >= 15 is 0 Å². The Morgan fingerprint density at radius 1 is 0.893 bits per heavy atom. The van der Waals surface area contributed by atoms with Gasteiger partial charge in [-0.1, -0.05) is 57.9 Å². The SMILES string of the molecule is CCCCCC(=O)Oc1ccc(-c2ccc(C(=O)OCCC(C)C)cc2)cc1. The molecule has 0 N–H and O–H groups in total. The third-order valence-electron chi connectivity index (χ3n) is 4.45. The van der Waals surface area contributed by atoms with E-state index in [4.69, 9.17) is 9.47 Å². The van der Waals surface area contributed by atoms with Crippen molar-refractivity contribution in [3.8, 4) is 16.9 Å². The molecule has 28 heavy (non-hydrogen) atoms. The molecule has 0 atom stereocenters. The van der Waals surface area contributed by atoms with Gasteiger partial charge in [-0.25, -0.2) is 4.79 Å². The van der Waals surface area contributed by atoms with Gasteiger partial charge >= 0.3 is 11.9 Å². The molecule has 2 aromatic rings. The fourth-order valence-corrected chi connectivity index (χ4v) is 2.69. The van der Waals surface area contributed by atoms with Gasteiger partial charge in [0, 0.05) is 6.42 Å². The lowest BCUT2D eigenvalue weighted by Gasteiger charge is -2.08. The molecule has 4 heteroatoms. The highest BCUT2D eigenvalue weighted by Crippen LogP contribution is 2.23. The Balaban J connectivity index is 1.91. The Hall–Kier alpha value is -2.62. The summed E-state index contributed by atoms with van der Waals surface area (Å²) in [6, 6.07) is 14.7. The van der Waals surface area contributed by atoms with Crippen molar-refractivity contribution in [2.24, 2.45) is 5.92 Å². The molecule has 0 heterocycles. The van der Waals surface area contributed by atoms with Crippen LogP contribution in [0.4, 0.5) is 0 Å². The van der Waals surface area contributed by atoms with Gasteiger partial charge < -0.3 is 9.47 Å². The van der Waals surface area contributed by atoms with E-state index in [9.17, 15) is 9.59 Å². The predicted molar refractivity (Wildman–Crippen MR) is 111 cm³/mol. The monoisotopic (exact) mass is 382 g/mol. The molecule has 2 rings (SSSR count). The van der Waals surface area contributed by atoms with Gasteiger partial charge in [0.05, 0.1) is 12.2 Å². The van der Waals surface area contributed by atoms with Crippen molar-refractivity contribution in [2.75, 3.05) is 6.61 Å². The molecule has 0 aliphatic rings. The van der Waals surface area contributed by atoms with Crippen LogP contribution in [0.3, 0.4) is 0 Å². The number of hydrogen-bond acceptors (Lipinski definition) is 4. The number of unbranched alkanes of at least 4 members (excludes halogenated alkanes) is 2. The maximum absolute atomic E-state index is 12.0. The van der Waals surface area contributed by atoms with E-state index in [-0.39, 0.29) is 11.9 Å². The van der Waals surface area contributed by atoms with Crippen LogP contribution in [0.1, 0.15) is 63.2 Å². The second-order valence-corrected chi connectivity index (χ2v) is 7.35. The molecule has 0 aliphatic heterocycles. The highest BCUT2D eigenvalue weighted by Gasteiger charge is 2.09. The standard InChI is InChI=1S/C24H30O4/c1-4-5-6-7-23(25)28-22-14-12-20(13-15-22)19-8-10-21(11-9-19)24(26)27-17-16-18(2)3/h8-15,18H,4-7,16-17H2,1-3H3. The van der Waals surface area contributed by atoms with E-state index in [0.717, 1.165) is 36.8 Å². The van der Waals surface area contributed by atoms with Gasteiger partial charge in [-0.15, -0.1) is 0 Å². The average Bonchev–Trinajstić information content (AvgIpc) is 2.68. The molecule has 150 valence electrons. The summed E-state index contributed by atoms with van der Waals surface area (Å²) in [6.07, 6.45) is 4.29. The van der Waals surface area contributed by atoms with Crippen molar-refractivity contribution in [3.05, 3.63) is 54.1 Å². The number of hydrogen-bond donors (Lipinski definition) is 0. The summed E-state index contributed by atoms with van der Waals surface area (Å²) in [5.74, 6) is 0.573. The van der Waals surface area contributed by atoms with Crippen LogP contribution in [-0.4, -0.2) is 18.5 Å². The summed E-state index contributed by atoms with van der Waals surface area (Å²) < 4.78 is 10.6. The topological polar surface area (TPSA) is 52.6 Å². The van der Waals surface area contributed by atoms with Crippen LogP contribution in [0.25, 0.3) is 11.1 Å². The molecule has 0 fully saturated rings. The molecule has 0 radical (unpaired) electrons. The van der Waals surface area contributed by atoms with Crippen LogP contribution in [0.2, 0.25) is 0 Å². The number of esters is 2. The Morgan fingerprint density at radius 3 is 2.07 bits per heavy atom. The van der Waals surface area contributed by atoms with Gasteiger partial charge in [0.1, 0.15) is 5.75 Å². The molecule has 0 saturated heterocycles. The Morgan fingerprint density at radius 2 is 1.50 bits per heavy atom. The van der Waals surface area contributed by atoms with Gasteiger partial charge in [-0.2, -0.15) is 0 Å². The molecule has 0 spiro atoms. The van der Waals surface area contributed by atoms with Gasteiger partial charge in [-0.05, 0) is 54.2 Å². The summed E-state index contributed by atoms with van der Waals surface area (Å²) >= 11 is 0. The average molecular weight is 383 g/mol. The van der Waals surface area contributed by atoms with E-state index < -0.39 is 0 Å². The van der Waals surface area contributed by atoms with Crippen molar-refractivity contribution in [1.82, 2.24) is 0 Å². The van der Waals surface area contributed by atoms with Crippen LogP contribution in [0.5, 0.6) is 5.75 Å². The Labute approximate surface area is 167 Å². The van der Waals surface area contributed by atoms with E-state index in [1.165, 1.54) is 0 Å². The third kappa shape index (κ3) is 7.18. The summed E-state index contributed by atoms with van der Waals surface area (Å²) in [4.78, 5) is 23.8. The number of carbonyl (C=O) groups is 2. The second kappa shape index (κ2) is 11.3. The van der Waals surface area contributed by atoms with E-state index in [2.05, 4.69) is 20.8 Å². The Kier molecular flexibility index (Phi) is 8.73. The molecule has 0 bridgehead atoms. The highest BCUT2D eigenvalue weighted by molar-refractivity contribution is 5.90. The third-order valence-corrected chi connectivity index (χ3v) is 4.45. The van der Waals surface area contributed by atoms with E-state index in [0.29, 0.717) is 30.3 Å². The summed E-state index contributed by atoms with van der Waals surface area (Å²) in [5, 5.41) is 0. The van der Waals surface area contributed by atoms with Crippen LogP contribution in [-0.2, 0) is 9.53 Å². The maximum Gasteiger partial charge on any atom is 0.338 e. The van der Waals surface area contributed by atoms with Gasteiger partial charge in [0.15, 0.2) is 0 Å². The summed E-state index contributed by atoms with van der Waals surface area (Å²) in [5.41, 5.74) is 2.52. The van der Waals surface area contributed by atoms with E-state index in [1.807, 2.05) is 24.3 Å².